The SMILES string of the molecule is CC(C)[C@@H]1CN(c2nnc(Cc3cn4ccccc4n3)n2C)CCO1. The second kappa shape index (κ2) is 6.48. The topological polar surface area (TPSA) is 60.5 Å². The molecule has 0 aromatic carbocycles. The van der Waals surface area contributed by atoms with Gasteiger partial charge in [0.2, 0.25) is 5.95 Å². The molecule has 1 saturated heterocycles. The molecule has 1 fully saturated rings. The lowest BCUT2D eigenvalue weighted by Gasteiger charge is -2.35. The first-order valence-corrected chi connectivity index (χ1v) is 8.79. The molecule has 3 aromatic heterocycles. The summed E-state index contributed by atoms with van der Waals surface area (Å²) < 4.78 is 9.96. The zero-order valence-corrected chi connectivity index (χ0v) is 15.0. The summed E-state index contributed by atoms with van der Waals surface area (Å²) in [6, 6.07) is 6.00. The fourth-order valence-corrected chi connectivity index (χ4v) is 3.28. The molecule has 1 atom stereocenters. The van der Waals surface area contributed by atoms with Gasteiger partial charge in [-0.25, -0.2) is 4.98 Å². The zero-order chi connectivity index (χ0) is 17.4. The van der Waals surface area contributed by atoms with E-state index in [0.717, 1.165) is 42.8 Å². The molecule has 1 aliphatic heterocycles. The summed E-state index contributed by atoms with van der Waals surface area (Å²) in [5.41, 5.74) is 1.95. The van der Waals surface area contributed by atoms with Crippen LogP contribution in [0.4, 0.5) is 5.95 Å². The van der Waals surface area contributed by atoms with Crippen LogP contribution in [0.5, 0.6) is 0 Å². The minimum absolute atomic E-state index is 0.243. The van der Waals surface area contributed by atoms with Crippen LogP contribution in [-0.2, 0) is 18.2 Å². The summed E-state index contributed by atoms with van der Waals surface area (Å²) in [5.74, 6) is 2.33. The second-order valence-corrected chi connectivity index (χ2v) is 6.95. The number of pyridine rings is 1. The van der Waals surface area contributed by atoms with Crippen LogP contribution in [-0.4, -0.2) is 49.9 Å². The van der Waals surface area contributed by atoms with Crippen molar-refractivity contribution in [3.63, 3.8) is 0 Å². The fraction of sp³-hybridized carbons (Fsp3) is 0.500. The Morgan fingerprint density at radius 2 is 2.16 bits per heavy atom. The summed E-state index contributed by atoms with van der Waals surface area (Å²) in [7, 11) is 2.03. The van der Waals surface area contributed by atoms with Crippen molar-refractivity contribution in [2.75, 3.05) is 24.6 Å². The molecular weight excluding hydrogens is 316 g/mol. The third-order valence-electron chi connectivity index (χ3n) is 4.82. The maximum atomic E-state index is 5.86. The number of hydrogen-bond donors (Lipinski definition) is 0. The monoisotopic (exact) mass is 340 g/mol. The number of anilines is 1. The average molecular weight is 340 g/mol. The number of hydrogen-bond acceptors (Lipinski definition) is 5. The summed E-state index contributed by atoms with van der Waals surface area (Å²) in [4.78, 5) is 6.93. The molecule has 132 valence electrons. The van der Waals surface area contributed by atoms with Gasteiger partial charge in [0, 0.05) is 32.5 Å². The van der Waals surface area contributed by atoms with Gasteiger partial charge in [0.05, 0.1) is 24.8 Å². The molecule has 4 heterocycles. The zero-order valence-electron chi connectivity index (χ0n) is 15.0. The van der Waals surface area contributed by atoms with Gasteiger partial charge >= 0.3 is 0 Å². The molecule has 25 heavy (non-hydrogen) atoms. The number of morpholine rings is 1. The van der Waals surface area contributed by atoms with Crippen LogP contribution < -0.4 is 4.90 Å². The van der Waals surface area contributed by atoms with Crippen molar-refractivity contribution in [1.29, 1.82) is 0 Å². The molecule has 0 unspecified atom stereocenters. The molecule has 0 aliphatic carbocycles. The van der Waals surface area contributed by atoms with E-state index in [0.29, 0.717) is 12.3 Å². The molecule has 7 nitrogen and oxygen atoms in total. The number of ether oxygens (including phenoxy) is 1. The smallest absolute Gasteiger partial charge is 0.227 e. The van der Waals surface area contributed by atoms with Crippen molar-refractivity contribution >= 4 is 11.6 Å². The second-order valence-electron chi connectivity index (χ2n) is 6.95. The predicted molar refractivity (Wildman–Crippen MR) is 95.8 cm³/mol. The predicted octanol–water partition coefficient (Wildman–Crippen LogP) is 1.91. The summed E-state index contributed by atoms with van der Waals surface area (Å²) in [5, 5.41) is 8.84. The Bertz CT molecular complexity index is 834. The molecule has 0 radical (unpaired) electrons. The van der Waals surface area contributed by atoms with E-state index in [4.69, 9.17) is 4.74 Å². The highest BCUT2D eigenvalue weighted by Gasteiger charge is 2.26. The van der Waals surface area contributed by atoms with Crippen LogP contribution in [0.1, 0.15) is 25.4 Å². The minimum Gasteiger partial charge on any atom is -0.374 e. The van der Waals surface area contributed by atoms with Gasteiger partial charge < -0.3 is 18.6 Å². The van der Waals surface area contributed by atoms with E-state index in [9.17, 15) is 0 Å². The van der Waals surface area contributed by atoms with Crippen molar-refractivity contribution in [3.8, 4) is 0 Å². The Hall–Kier alpha value is -2.41. The van der Waals surface area contributed by atoms with Gasteiger partial charge in [0.1, 0.15) is 11.5 Å². The first-order valence-electron chi connectivity index (χ1n) is 8.79. The molecule has 0 bridgehead atoms. The molecule has 1 aliphatic rings. The van der Waals surface area contributed by atoms with E-state index < -0.39 is 0 Å². The van der Waals surface area contributed by atoms with Gasteiger partial charge in [0.25, 0.3) is 0 Å². The van der Waals surface area contributed by atoms with E-state index in [1.807, 2.05) is 42.0 Å². The Kier molecular flexibility index (Phi) is 4.17. The van der Waals surface area contributed by atoms with E-state index in [1.54, 1.807) is 0 Å². The summed E-state index contributed by atoms with van der Waals surface area (Å²) in [6.45, 7) is 6.83. The molecule has 3 aromatic rings. The van der Waals surface area contributed by atoms with Crippen molar-refractivity contribution in [3.05, 3.63) is 42.1 Å². The number of aromatic nitrogens is 5. The highest BCUT2D eigenvalue weighted by atomic mass is 16.5. The highest BCUT2D eigenvalue weighted by Crippen LogP contribution is 2.20. The van der Waals surface area contributed by atoms with Crippen LogP contribution in [0.25, 0.3) is 5.65 Å². The summed E-state index contributed by atoms with van der Waals surface area (Å²) in [6.07, 6.45) is 4.97. The van der Waals surface area contributed by atoms with Crippen LogP contribution in [0.15, 0.2) is 30.6 Å². The van der Waals surface area contributed by atoms with E-state index in [2.05, 4.69) is 38.5 Å². The first-order chi connectivity index (χ1) is 12.1. The molecular formula is C18H24N6O. The van der Waals surface area contributed by atoms with E-state index in [-0.39, 0.29) is 6.10 Å². The molecule has 0 saturated carbocycles. The lowest BCUT2D eigenvalue weighted by molar-refractivity contribution is 0.0107. The van der Waals surface area contributed by atoms with Gasteiger partial charge in [-0.1, -0.05) is 19.9 Å². The van der Waals surface area contributed by atoms with Crippen molar-refractivity contribution in [2.45, 2.75) is 26.4 Å². The molecule has 0 N–H and O–H groups in total. The van der Waals surface area contributed by atoms with Gasteiger partial charge in [-0.15, -0.1) is 10.2 Å². The van der Waals surface area contributed by atoms with Crippen molar-refractivity contribution < 1.29 is 4.74 Å². The standard InChI is InChI=1S/C18H24N6O/c1-13(2)15-12-24(8-9-25-15)18-21-20-17(22(18)3)10-14-11-23-7-5-4-6-16(23)19-14/h4-7,11,13,15H,8-10,12H2,1-3H3/t15-/m0/s1. The van der Waals surface area contributed by atoms with Gasteiger partial charge in [-0.05, 0) is 18.1 Å². The lowest BCUT2D eigenvalue weighted by atomic mass is 10.1. The van der Waals surface area contributed by atoms with E-state index in [1.165, 1.54) is 0 Å². The molecule has 4 rings (SSSR count). The van der Waals surface area contributed by atoms with Crippen LogP contribution >= 0.6 is 0 Å². The number of imidazole rings is 1. The van der Waals surface area contributed by atoms with Crippen LogP contribution in [0.3, 0.4) is 0 Å². The molecule has 0 amide bonds. The maximum absolute atomic E-state index is 5.86. The largest absolute Gasteiger partial charge is 0.374 e. The maximum Gasteiger partial charge on any atom is 0.227 e. The number of rotatable bonds is 4. The van der Waals surface area contributed by atoms with Crippen LogP contribution in [0.2, 0.25) is 0 Å². The first kappa shape index (κ1) is 16.1. The Morgan fingerprint density at radius 3 is 2.96 bits per heavy atom. The van der Waals surface area contributed by atoms with Crippen molar-refractivity contribution in [1.82, 2.24) is 24.1 Å². The van der Waals surface area contributed by atoms with Gasteiger partial charge in [0.15, 0.2) is 0 Å². The lowest BCUT2D eigenvalue weighted by Crippen LogP contribution is -2.45. The fourth-order valence-electron chi connectivity index (χ4n) is 3.28. The quantitative estimate of drug-likeness (QED) is 0.726. The average Bonchev–Trinajstić information content (AvgIpc) is 3.19. The Morgan fingerprint density at radius 1 is 1.28 bits per heavy atom. The van der Waals surface area contributed by atoms with Crippen LogP contribution in [0, 0.1) is 5.92 Å². The Balaban J connectivity index is 1.54. The minimum atomic E-state index is 0.243. The number of nitrogens with zero attached hydrogens (tertiary/aromatic N) is 6. The normalized spacial score (nSPS) is 18.4. The Labute approximate surface area is 147 Å². The van der Waals surface area contributed by atoms with E-state index >= 15 is 0 Å². The summed E-state index contributed by atoms with van der Waals surface area (Å²) >= 11 is 0. The molecule has 7 heteroatoms. The van der Waals surface area contributed by atoms with Crippen molar-refractivity contribution in [2.24, 2.45) is 13.0 Å². The third-order valence-corrected chi connectivity index (χ3v) is 4.82. The number of fused-ring (bicyclic) bond motifs is 1. The van der Waals surface area contributed by atoms with Gasteiger partial charge in [-0.3, -0.25) is 0 Å². The third kappa shape index (κ3) is 3.11. The molecule has 0 spiro atoms. The highest BCUT2D eigenvalue weighted by molar-refractivity contribution is 5.40. The van der Waals surface area contributed by atoms with Gasteiger partial charge in [-0.2, -0.15) is 0 Å².